The Hall–Kier alpha value is -3.48. The number of carbonyl (C=O) groups excluding carboxylic acids is 4. The number of amides is 4. The van der Waals surface area contributed by atoms with Gasteiger partial charge in [-0.15, -0.1) is 0 Å². The van der Waals surface area contributed by atoms with E-state index in [1.807, 2.05) is 6.07 Å². The maximum Gasteiger partial charge on any atom is 0.326 e. The van der Waals surface area contributed by atoms with E-state index >= 15 is 0 Å². The highest BCUT2D eigenvalue weighted by atomic mass is 19.1. The fraction of sp³-hybridized carbons (Fsp3) is 0.560. The zero-order valence-corrected chi connectivity index (χ0v) is 20.3. The predicted octanol–water partition coefficient (Wildman–Crippen LogP) is 3.14. The number of nitrogens with one attached hydrogen (secondary N) is 1. The Bertz CT molecular complexity index is 1040. The quantitative estimate of drug-likeness (QED) is 0.467. The van der Waals surface area contributed by atoms with E-state index in [1.165, 1.54) is 18.2 Å². The number of nitriles is 1. The summed E-state index contributed by atoms with van der Waals surface area (Å²) in [7, 11) is 0. The summed E-state index contributed by atoms with van der Waals surface area (Å²) in [5.74, 6) is -2.35. The molecule has 188 valence electrons. The Morgan fingerprint density at radius 1 is 1.26 bits per heavy atom. The van der Waals surface area contributed by atoms with Gasteiger partial charge in [-0.3, -0.25) is 19.3 Å². The molecule has 3 rings (SSSR count). The van der Waals surface area contributed by atoms with Crippen LogP contribution in [0.1, 0.15) is 52.9 Å². The number of anilines is 1. The van der Waals surface area contributed by atoms with Crippen LogP contribution in [0.2, 0.25) is 0 Å². The van der Waals surface area contributed by atoms with Crippen LogP contribution in [0.5, 0.6) is 0 Å². The Morgan fingerprint density at radius 2 is 1.91 bits per heavy atom. The number of nitrogens with zero attached hydrogens (tertiary/aromatic N) is 3. The summed E-state index contributed by atoms with van der Waals surface area (Å²) in [6, 6.07) is 6.80. The molecule has 1 aliphatic carbocycles. The molecule has 2 fully saturated rings. The van der Waals surface area contributed by atoms with Crippen LogP contribution in [-0.4, -0.2) is 54.0 Å². The Balaban J connectivity index is 1.58. The maximum absolute atomic E-state index is 14.2. The van der Waals surface area contributed by atoms with Gasteiger partial charge in [-0.25, -0.2) is 9.18 Å². The second-order valence-electron chi connectivity index (χ2n) is 10.1. The number of para-hydroxylation sites is 1. The zero-order valence-electron chi connectivity index (χ0n) is 20.3. The third-order valence-electron chi connectivity index (χ3n) is 6.85. The summed E-state index contributed by atoms with van der Waals surface area (Å²) < 4.78 is 19.2. The average Bonchev–Trinajstić information content (AvgIpc) is 3.02. The number of esters is 1. The smallest absolute Gasteiger partial charge is 0.326 e. The van der Waals surface area contributed by atoms with E-state index < -0.39 is 48.3 Å². The number of urea groups is 1. The van der Waals surface area contributed by atoms with Gasteiger partial charge < -0.3 is 15.0 Å². The molecule has 0 aromatic heterocycles. The van der Waals surface area contributed by atoms with Crippen molar-refractivity contribution in [2.45, 2.75) is 58.4 Å². The van der Waals surface area contributed by atoms with Gasteiger partial charge in [0.15, 0.2) is 6.61 Å². The molecule has 10 heteroatoms. The molecule has 0 unspecified atom stereocenters. The lowest BCUT2D eigenvalue weighted by Gasteiger charge is -2.40. The van der Waals surface area contributed by atoms with Gasteiger partial charge in [-0.2, -0.15) is 5.26 Å². The number of hydrogen-bond acceptors (Lipinski definition) is 6. The second kappa shape index (κ2) is 10.4. The third-order valence-corrected chi connectivity index (χ3v) is 6.85. The number of halogens is 1. The van der Waals surface area contributed by atoms with E-state index in [-0.39, 0.29) is 24.1 Å². The fourth-order valence-corrected chi connectivity index (χ4v) is 4.74. The molecular formula is C25H31FN4O5. The molecule has 1 spiro atoms. The standard InChI is InChI=1S/C25H31FN4O5/c1-24(2,3)17-9-11-25(12-10-17)22(33)30(23(34)28-25)15-21(32)35-16-20(31)29(14-6-13-27)19-8-5-4-7-18(19)26/h4-5,7-8,17H,6,9-12,14-16H2,1-3H3,(H,28,34). The van der Waals surface area contributed by atoms with Gasteiger partial charge in [-0.05, 0) is 49.1 Å². The van der Waals surface area contributed by atoms with Crippen molar-refractivity contribution in [1.82, 2.24) is 10.2 Å². The van der Waals surface area contributed by atoms with Gasteiger partial charge in [0.25, 0.3) is 11.8 Å². The van der Waals surface area contributed by atoms with Crippen molar-refractivity contribution in [2.24, 2.45) is 11.3 Å². The molecule has 9 nitrogen and oxygen atoms in total. The molecule has 2 aliphatic rings. The lowest BCUT2D eigenvalue weighted by atomic mass is 9.67. The SMILES string of the molecule is CC(C)(C)C1CCC2(CC1)NC(=O)N(CC(=O)OCC(=O)N(CCC#N)c1ccccc1F)C2=O. The molecular weight excluding hydrogens is 455 g/mol. The molecule has 4 amide bonds. The number of rotatable bonds is 7. The van der Waals surface area contributed by atoms with E-state index in [1.54, 1.807) is 6.07 Å². The van der Waals surface area contributed by atoms with Crippen LogP contribution in [0.15, 0.2) is 24.3 Å². The molecule has 1 saturated heterocycles. The largest absolute Gasteiger partial charge is 0.454 e. The maximum atomic E-state index is 14.2. The first-order valence-electron chi connectivity index (χ1n) is 11.7. The first kappa shape index (κ1) is 26.1. The van der Waals surface area contributed by atoms with Crippen molar-refractivity contribution in [1.29, 1.82) is 5.26 Å². The summed E-state index contributed by atoms with van der Waals surface area (Å²) in [6.45, 7) is 5.03. The average molecular weight is 487 g/mol. The first-order chi connectivity index (χ1) is 16.5. The summed E-state index contributed by atoms with van der Waals surface area (Å²) in [5, 5.41) is 11.6. The van der Waals surface area contributed by atoms with Gasteiger partial charge in [0.2, 0.25) is 0 Å². The highest BCUT2D eigenvalue weighted by Gasteiger charge is 2.53. The summed E-state index contributed by atoms with van der Waals surface area (Å²) in [5.41, 5.74) is -0.938. The minimum Gasteiger partial charge on any atom is -0.454 e. The van der Waals surface area contributed by atoms with Crippen LogP contribution in [0, 0.1) is 28.5 Å². The van der Waals surface area contributed by atoms with E-state index in [9.17, 15) is 23.6 Å². The highest BCUT2D eigenvalue weighted by Crippen LogP contribution is 2.43. The molecule has 1 aromatic rings. The molecule has 35 heavy (non-hydrogen) atoms. The first-order valence-corrected chi connectivity index (χ1v) is 11.7. The molecule has 0 atom stereocenters. The Kier molecular flexibility index (Phi) is 7.78. The molecule has 0 bridgehead atoms. The minimum absolute atomic E-state index is 0.0364. The lowest BCUT2D eigenvalue weighted by Crippen LogP contribution is -2.50. The normalized spacial score (nSPS) is 22.0. The van der Waals surface area contributed by atoms with E-state index in [0.29, 0.717) is 18.8 Å². The van der Waals surface area contributed by atoms with Gasteiger partial charge in [0, 0.05) is 6.54 Å². The number of ether oxygens (including phenoxy) is 1. The Labute approximate surface area is 204 Å². The fourth-order valence-electron chi connectivity index (χ4n) is 4.74. The summed E-state index contributed by atoms with van der Waals surface area (Å²) in [4.78, 5) is 52.4. The second-order valence-corrected chi connectivity index (χ2v) is 10.1. The molecule has 1 N–H and O–H groups in total. The van der Waals surface area contributed by atoms with Crippen LogP contribution in [0.3, 0.4) is 0 Å². The topological polar surface area (TPSA) is 120 Å². The van der Waals surface area contributed by atoms with Crippen LogP contribution in [0.4, 0.5) is 14.9 Å². The van der Waals surface area contributed by atoms with Crippen LogP contribution in [0.25, 0.3) is 0 Å². The van der Waals surface area contributed by atoms with Crippen molar-refractivity contribution in [3.05, 3.63) is 30.1 Å². The van der Waals surface area contributed by atoms with Crippen molar-refractivity contribution in [3.8, 4) is 6.07 Å². The number of carbonyl (C=O) groups is 4. The summed E-state index contributed by atoms with van der Waals surface area (Å²) in [6.07, 6.45) is 2.53. The predicted molar refractivity (Wildman–Crippen MR) is 124 cm³/mol. The number of benzene rings is 1. The van der Waals surface area contributed by atoms with E-state index in [4.69, 9.17) is 10.00 Å². The van der Waals surface area contributed by atoms with E-state index in [2.05, 4.69) is 26.1 Å². The molecule has 1 saturated carbocycles. The van der Waals surface area contributed by atoms with Crippen molar-refractivity contribution < 1.29 is 28.3 Å². The van der Waals surface area contributed by atoms with Crippen LogP contribution < -0.4 is 10.2 Å². The monoisotopic (exact) mass is 486 g/mol. The lowest BCUT2D eigenvalue weighted by molar-refractivity contribution is -0.150. The van der Waals surface area contributed by atoms with Crippen molar-refractivity contribution in [2.75, 3.05) is 24.6 Å². The minimum atomic E-state index is -1.01. The molecule has 1 aromatic carbocycles. The summed E-state index contributed by atoms with van der Waals surface area (Å²) >= 11 is 0. The highest BCUT2D eigenvalue weighted by molar-refractivity contribution is 6.08. The van der Waals surface area contributed by atoms with E-state index in [0.717, 1.165) is 22.6 Å². The molecule has 1 heterocycles. The van der Waals surface area contributed by atoms with Gasteiger partial charge in [0.05, 0.1) is 18.2 Å². The van der Waals surface area contributed by atoms with Crippen molar-refractivity contribution >= 4 is 29.5 Å². The third kappa shape index (κ3) is 5.78. The van der Waals surface area contributed by atoms with Crippen molar-refractivity contribution in [3.63, 3.8) is 0 Å². The van der Waals surface area contributed by atoms with Crippen LogP contribution in [-0.2, 0) is 19.1 Å². The van der Waals surface area contributed by atoms with Gasteiger partial charge in [-0.1, -0.05) is 32.9 Å². The molecule has 1 aliphatic heterocycles. The molecule has 0 radical (unpaired) electrons. The van der Waals surface area contributed by atoms with Gasteiger partial charge in [0.1, 0.15) is 17.9 Å². The van der Waals surface area contributed by atoms with Gasteiger partial charge >= 0.3 is 12.0 Å². The number of hydrogen-bond donors (Lipinski definition) is 1. The zero-order chi connectivity index (χ0) is 25.8. The number of imide groups is 1. The Morgan fingerprint density at radius 3 is 2.51 bits per heavy atom. The van der Waals surface area contributed by atoms with Crippen LogP contribution >= 0.6 is 0 Å².